The van der Waals surface area contributed by atoms with E-state index in [1.54, 1.807) is 0 Å². The van der Waals surface area contributed by atoms with Crippen LogP contribution in [0.4, 0.5) is 0 Å². The molecule has 8 atom stereocenters. The summed E-state index contributed by atoms with van der Waals surface area (Å²) in [4.78, 5) is 54.3. The van der Waals surface area contributed by atoms with Gasteiger partial charge in [-0.3, -0.25) is 24.2 Å². The molecule has 0 aliphatic carbocycles. The molecule has 0 radical (unpaired) electrons. The van der Waals surface area contributed by atoms with Crippen molar-refractivity contribution in [1.29, 1.82) is 0 Å². The minimum Gasteiger partial charge on any atom is -0.543 e. The van der Waals surface area contributed by atoms with E-state index in [0.717, 1.165) is 11.3 Å². The lowest BCUT2D eigenvalue weighted by molar-refractivity contribution is -0.344. The van der Waals surface area contributed by atoms with Crippen LogP contribution in [0.15, 0.2) is 34.4 Å². The maximum Gasteiger partial charge on any atom is 0.322 e. The number of amides is 3. The Balaban J connectivity index is 1.59. The third-order valence-corrected chi connectivity index (χ3v) is 18.1. The molecule has 1 aromatic carbocycles. The van der Waals surface area contributed by atoms with Crippen LogP contribution in [0.3, 0.4) is 0 Å². The van der Waals surface area contributed by atoms with E-state index in [2.05, 4.69) is 80.2 Å². The summed E-state index contributed by atoms with van der Waals surface area (Å²) in [5.74, 6) is -3.20. The molecule has 3 heterocycles. The van der Waals surface area contributed by atoms with Crippen molar-refractivity contribution in [3.05, 3.63) is 40.0 Å². The summed E-state index contributed by atoms with van der Waals surface area (Å²) in [6.45, 7) is 21.3. The van der Waals surface area contributed by atoms with Crippen molar-refractivity contribution in [3.63, 3.8) is 0 Å². The van der Waals surface area contributed by atoms with Gasteiger partial charge in [-0.05, 0) is 76.6 Å². The number of carboxylic acids is 1. The number of carbonyl (C=O) groups is 4. The molecular weight excluding hydrogens is 819 g/mol. The maximum atomic E-state index is 14.2. The quantitative estimate of drug-likeness (QED) is 0.114. The highest BCUT2D eigenvalue weighted by atomic mass is 127. The lowest BCUT2D eigenvalue weighted by Gasteiger charge is -2.51. The summed E-state index contributed by atoms with van der Waals surface area (Å²) in [6.07, 6.45) is 3.48. The van der Waals surface area contributed by atoms with Gasteiger partial charge in [0.1, 0.15) is 23.9 Å². The lowest BCUT2D eigenvalue weighted by atomic mass is 9.79. The topological polar surface area (TPSA) is 156 Å². The lowest BCUT2D eigenvalue weighted by Crippen LogP contribution is -2.63. The van der Waals surface area contributed by atoms with Gasteiger partial charge in [-0.15, -0.1) is 0 Å². The number of carbonyl (C=O) groups excluding carboxylic acids is 3. The van der Waals surface area contributed by atoms with E-state index in [9.17, 15) is 24.3 Å². The second-order valence-corrected chi connectivity index (χ2v) is 22.9. The van der Waals surface area contributed by atoms with E-state index in [1.165, 1.54) is 5.01 Å². The van der Waals surface area contributed by atoms with Crippen LogP contribution in [0.1, 0.15) is 100 Å². The van der Waals surface area contributed by atoms with Gasteiger partial charge in [-0.1, -0.05) is 97.0 Å². The first-order valence-electron chi connectivity index (χ1n) is 19.6. The zero-order chi connectivity index (χ0) is 40.1. The second-order valence-electron chi connectivity index (χ2n) is 16.8. The SMILES string of the molecule is CC(C)C(NC(=O)C1CCC2(C)OC(/C=C/I)C(C)C1O2)C(=O)NC(Cc1cccc(O[Si](C(C)C)(C(C)C)C(C)C)c1)C(=O)N1CCCC(C(=O)O)N1. The van der Waals surface area contributed by atoms with E-state index in [4.69, 9.17) is 13.9 Å². The second kappa shape index (κ2) is 18.6. The van der Waals surface area contributed by atoms with Gasteiger partial charge in [0.05, 0.1) is 18.1 Å². The molecule has 8 unspecified atom stereocenters. The molecule has 3 fully saturated rings. The maximum absolute atomic E-state index is 14.2. The molecule has 0 spiro atoms. The summed E-state index contributed by atoms with van der Waals surface area (Å²) >= 11 is 2.16. The average molecular weight is 883 g/mol. The van der Waals surface area contributed by atoms with E-state index >= 15 is 0 Å². The molecule has 12 nitrogen and oxygen atoms in total. The van der Waals surface area contributed by atoms with Gasteiger partial charge in [0.2, 0.25) is 11.8 Å². The normalized spacial score (nSPS) is 27.3. The van der Waals surface area contributed by atoms with E-state index in [0.29, 0.717) is 48.9 Å². The number of nitrogens with zero attached hydrogens (tertiary/aromatic N) is 1. The Hall–Kier alpha value is -2.53. The Morgan fingerprint density at radius 1 is 1.06 bits per heavy atom. The number of nitrogens with one attached hydrogen (secondary N) is 3. The zero-order valence-electron chi connectivity index (χ0n) is 33.7. The van der Waals surface area contributed by atoms with Crippen molar-refractivity contribution in [2.45, 2.75) is 154 Å². The summed E-state index contributed by atoms with van der Waals surface area (Å²) in [6, 6.07) is 4.78. The van der Waals surface area contributed by atoms with Gasteiger partial charge in [-0.2, -0.15) is 0 Å². The minimum atomic E-state index is -2.28. The van der Waals surface area contributed by atoms with Crippen LogP contribution in [0.25, 0.3) is 0 Å². The van der Waals surface area contributed by atoms with Gasteiger partial charge < -0.3 is 29.6 Å². The molecule has 3 aliphatic heterocycles. The fourth-order valence-corrected chi connectivity index (χ4v) is 14.5. The Morgan fingerprint density at radius 2 is 1.72 bits per heavy atom. The summed E-state index contributed by atoms with van der Waals surface area (Å²) in [5, 5.41) is 17.0. The van der Waals surface area contributed by atoms with E-state index < -0.39 is 62.0 Å². The predicted molar refractivity (Wildman–Crippen MR) is 219 cm³/mol. The van der Waals surface area contributed by atoms with Crippen molar-refractivity contribution < 1.29 is 38.2 Å². The van der Waals surface area contributed by atoms with Crippen LogP contribution in [0.2, 0.25) is 16.6 Å². The fraction of sp³-hybridized carbons (Fsp3) is 0.700. The molecule has 4 rings (SSSR count). The Morgan fingerprint density at radius 3 is 2.31 bits per heavy atom. The number of hydrazine groups is 1. The zero-order valence-corrected chi connectivity index (χ0v) is 36.8. The van der Waals surface area contributed by atoms with Gasteiger partial charge in [0, 0.05) is 25.3 Å². The van der Waals surface area contributed by atoms with Crippen molar-refractivity contribution in [2.75, 3.05) is 6.54 Å². The molecule has 302 valence electrons. The molecule has 0 aromatic heterocycles. The van der Waals surface area contributed by atoms with Gasteiger partial charge in [0.25, 0.3) is 14.2 Å². The molecule has 54 heavy (non-hydrogen) atoms. The number of hydrogen-bond acceptors (Lipinski definition) is 8. The van der Waals surface area contributed by atoms with E-state index in [1.807, 2.05) is 62.1 Å². The molecule has 3 amide bonds. The molecule has 4 N–H and O–H groups in total. The van der Waals surface area contributed by atoms with E-state index in [-0.39, 0.29) is 30.3 Å². The molecule has 3 aliphatic rings. The minimum absolute atomic E-state index is 0.0886. The number of aliphatic carboxylic acids is 1. The molecular formula is C40H63IN4O8Si. The highest BCUT2D eigenvalue weighted by Crippen LogP contribution is 2.45. The van der Waals surface area contributed by atoms with Gasteiger partial charge >= 0.3 is 5.97 Å². The number of rotatable bonds is 15. The van der Waals surface area contributed by atoms with Crippen molar-refractivity contribution in [2.24, 2.45) is 17.8 Å². The van der Waals surface area contributed by atoms with Crippen LogP contribution in [0, 0.1) is 17.8 Å². The van der Waals surface area contributed by atoms with Crippen LogP contribution in [-0.4, -0.2) is 84.8 Å². The number of carboxylic acid groups (broad SMARTS) is 1. The van der Waals surface area contributed by atoms with Crippen LogP contribution >= 0.6 is 22.6 Å². The van der Waals surface area contributed by atoms with Crippen LogP contribution in [0.5, 0.6) is 5.75 Å². The van der Waals surface area contributed by atoms with Crippen LogP contribution in [-0.2, 0) is 35.1 Å². The summed E-state index contributed by atoms with van der Waals surface area (Å²) in [7, 11) is -2.28. The Labute approximate surface area is 336 Å². The first kappa shape index (κ1) is 44.2. The van der Waals surface area contributed by atoms with Gasteiger partial charge in [0.15, 0.2) is 5.79 Å². The fourth-order valence-electron chi connectivity index (χ4n) is 8.82. The highest BCUT2D eigenvalue weighted by molar-refractivity contribution is 14.1. The molecule has 0 saturated carbocycles. The smallest absolute Gasteiger partial charge is 0.322 e. The number of halogens is 1. The Kier molecular flexibility index (Phi) is 15.2. The van der Waals surface area contributed by atoms with Crippen LogP contribution < -0.4 is 20.5 Å². The number of fused-ring (bicyclic) bond motifs is 2. The number of hydrogen-bond donors (Lipinski definition) is 4. The Bertz CT molecular complexity index is 1500. The average Bonchev–Trinajstić information content (AvgIpc) is 3.10. The summed E-state index contributed by atoms with van der Waals surface area (Å²) < 4.78 is 21.4. The summed E-state index contributed by atoms with van der Waals surface area (Å²) in [5.41, 5.74) is 4.72. The van der Waals surface area contributed by atoms with Crippen molar-refractivity contribution >= 4 is 54.6 Å². The van der Waals surface area contributed by atoms with Gasteiger partial charge in [-0.25, -0.2) is 5.43 Å². The molecule has 1 aromatic rings. The molecule has 14 heteroatoms. The number of ether oxygens (including phenoxy) is 2. The molecule has 3 saturated heterocycles. The first-order chi connectivity index (χ1) is 25.3. The first-order valence-corrected chi connectivity index (χ1v) is 23.0. The third-order valence-electron chi connectivity index (χ3n) is 11.7. The third kappa shape index (κ3) is 10.1. The number of benzene rings is 1. The monoisotopic (exact) mass is 882 g/mol. The van der Waals surface area contributed by atoms with Crippen molar-refractivity contribution in [3.8, 4) is 5.75 Å². The standard InChI is InChI=1S/C40H63IN4O8Si/c1-23(2)34(43-36(46)30-16-18-40(10)51-33(17-19-41)27(9)35(30)52-40)37(47)42-32(38(48)45-20-12-15-31(44-45)39(49)50)22-28-13-11-14-29(21-28)53-54(24(3)4,25(5)6)26(7)8/h11,13-14,17,19,21,23-27,30-35,44H,12,15-16,18,20,22H2,1-10H3,(H,42,47)(H,43,46)(H,49,50)/b19-17+. The molecule has 2 bridgehead atoms. The van der Waals surface area contributed by atoms with Crippen molar-refractivity contribution in [1.82, 2.24) is 21.1 Å². The highest BCUT2D eigenvalue weighted by Gasteiger charge is 2.52. The largest absolute Gasteiger partial charge is 0.543 e. The predicted octanol–water partition coefficient (Wildman–Crippen LogP) is 6.48.